The third-order valence-corrected chi connectivity index (χ3v) is 4.02. The number of rotatable bonds is 3. The number of imide groups is 1. The number of amides is 2. The first-order chi connectivity index (χ1) is 9.08. The van der Waals surface area contributed by atoms with Crippen molar-refractivity contribution in [2.24, 2.45) is 11.8 Å². The number of carbonyl (C=O) groups excluding carboxylic acids is 3. The Balaban J connectivity index is 0.000000861. The summed E-state index contributed by atoms with van der Waals surface area (Å²) in [5.41, 5.74) is 0. The molecule has 2 fully saturated rings. The Bertz CT molecular complexity index is 327. The van der Waals surface area contributed by atoms with Gasteiger partial charge in [-0.2, -0.15) is 0 Å². The highest BCUT2D eigenvalue weighted by Crippen LogP contribution is 2.30. The summed E-state index contributed by atoms with van der Waals surface area (Å²) in [6, 6.07) is 0. The number of carbonyl (C=O) groups is 3. The molecule has 0 unspecified atom stereocenters. The highest BCUT2D eigenvalue weighted by Gasteiger charge is 2.32. The van der Waals surface area contributed by atoms with Crippen molar-refractivity contribution >= 4 is 17.6 Å². The van der Waals surface area contributed by atoms with Gasteiger partial charge >= 0.3 is 0 Å². The van der Waals surface area contributed by atoms with Crippen molar-refractivity contribution in [3.8, 4) is 0 Å². The maximum Gasteiger partial charge on any atom is 0.229 e. The van der Waals surface area contributed by atoms with Crippen molar-refractivity contribution in [1.29, 1.82) is 0 Å². The van der Waals surface area contributed by atoms with Crippen LogP contribution in [0.4, 0.5) is 0 Å². The summed E-state index contributed by atoms with van der Waals surface area (Å²) in [6.45, 7) is 6.22. The normalized spacial score (nSPS) is 27.0. The smallest absolute Gasteiger partial charge is 0.229 e. The summed E-state index contributed by atoms with van der Waals surface area (Å²) in [6.07, 6.45) is 4.50. The zero-order valence-corrected chi connectivity index (χ0v) is 12.3. The maximum atomic E-state index is 11.5. The van der Waals surface area contributed by atoms with Crippen LogP contribution in [-0.4, -0.2) is 29.0 Å². The molecule has 2 amide bonds. The molecule has 0 bridgehead atoms. The highest BCUT2D eigenvalue weighted by molar-refractivity contribution is 6.01. The molecule has 1 aliphatic heterocycles. The molecular weight excluding hydrogens is 242 g/mol. The molecule has 0 spiro atoms. The van der Waals surface area contributed by atoms with Crippen molar-refractivity contribution in [3.63, 3.8) is 0 Å². The van der Waals surface area contributed by atoms with E-state index in [0.29, 0.717) is 25.3 Å². The van der Waals surface area contributed by atoms with Gasteiger partial charge in [0.15, 0.2) is 0 Å². The van der Waals surface area contributed by atoms with Crippen molar-refractivity contribution in [1.82, 2.24) is 4.90 Å². The van der Waals surface area contributed by atoms with Crippen molar-refractivity contribution in [3.05, 3.63) is 0 Å². The SMILES string of the molecule is CC.CC(=O)C1CCC(CN2C(=O)CCC2=O)CC1. The van der Waals surface area contributed by atoms with Crippen LogP contribution < -0.4 is 0 Å². The molecule has 0 aromatic carbocycles. The van der Waals surface area contributed by atoms with E-state index in [4.69, 9.17) is 0 Å². The fourth-order valence-electron chi connectivity index (χ4n) is 2.84. The Kier molecular flexibility index (Phi) is 6.19. The summed E-state index contributed by atoms with van der Waals surface area (Å²) in [4.78, 5) is 35.6. The summed E-state index contributed by atoms with van der Waals surface area (Å²) < 4.78 is 0. The van der Waals surface area contributed by atoms with Gasteiger partial charge in [0.2, 0.25) is 11.8 Å². The molecule has 0 radical (unpaired) electrons. The van der Waals surface area contributed by atoms with Gasteiger partial charge in [-0.3, -0.25) is 19.3 Å². The molecule has 1 heterocycles. The fourth-order valence-corrected chi connectivity index (χ4v) is 2.84. The lowest BCUT2D eigenvalue weighted by Crippen LogP contribution is -2.35. The van der Waals surface area contributed by atoms with Gasteiger partial charge in [0.1, 0.15) is 5.78 Å². The summed E-state index contributed by atoms with van der Waals surface area (Å²) in [5.74, 6) is 0.831. The number of Topliss-reactive ketones (excluding diaryl/α,β-unsaturated/α-hetero) is 1. The molecule has 19 heavy (non-hydrogen) atoms. The van der Waals surface area contributed by atoms with Crippen LogP contribution in [-0.2, 0) is 14.4 Å². The molecule has 0 N–H and O–H groups in total. The summed E-state index contributed by atoms with van der Waals surface area (Å²) in [5, 5.41) is 0. The zero-order valence-electron chi connectivity index (χ0n) is 12.3. The average Bonchev–Trinajstić information content (AvgIpc) is 2.73. The van der Waals surface area contributed by atoms with Crippen LogP contribution >= 0.6 is 0 Å². The Morgan fingerprint density at radius 3 is 1.95 bits per heavy atom. The average molecular weight is 267 g/mol. The maximum absolute atomic E-state index is 11.5. The first-order valence-corrected chi connectivity index (χ1v) is 7.41. The van der Waals surface area contributed by atoms with Gasteiger partial charge in [-0.15, -0.1) is 0 Å². The molecule has 2 rings (SSSR count). The molecular formula is C15H25NO3. The topological polar surface area (TPSA) is 54.5 Å². The van der Waals surface area contributed by atoms with Crippen LogP contribution in [0.15, 0.2) is 0 Å². The number of nitrogens with zero attached hydrogens (tertiary/aromatic N) is 1. The molecule has 4 heteroatoms. The first kappa shape index (κ1) is 15.9. The van der Waals surface area contributed by atoms with Crippen LogP contribution in [0.3, 0.4) is 0 Å². The lowest BCUT2D eigenvalue weighted by molar-refractivity contribution is -0.139. The number of likely N-dealkylation sites (tertiary alicyclic amines) is 1. The fraction of sp³-hybridized carbons (Fsp3) is 0.800. The Morgan fingerprint density at radius 2 is 1.53 bits per heavy atom. The summed E-state index contributed by atoms with van der Waals surface area (Å²) >= 11 is 0. The van der Waals surface area contributed by atoms with E-state index in [1.807, 2.05) is 13.8 Å². The lowest BCUT2D eigenvalue weighted by Gasteiger charge is -2.29. The van der Waals surface area contributed by atoms with Gasteiger partial charge in [0, 0.05) is 25.3 Å². The third-order valence-electron chi connectivity index (χ3n) is 4.02. The second kappa shape index (κ2) is 7.41. The lowest BCUT2D eigenvalue weighted by atomic mass is 9.80. The van der Waals surface area contributed by atoms with Crippen LogP contribution in [0, 0.1) is 11.8 Å². The molecule has 1 saturated heterocycles. The molecule has 0 aromatic rings. The summed E-state index contributed by atoms with van der Waals surface area (Å²) in [7, 11) is 0. The van der Waals surface area contributed by atoms with Gasteiger partial charge in [-0.05, 0) is 38.5 Å². The van der Waals surface area contributed by atoms with E-state index >= 15 is 0 Å². The van der Waals surface area contributed by atoms with Crippen LogP contribution in [0.5, 0.6) is 0 Å². The van der Waals surface area contributed by atoms with E-state index in [1.165, 1.54) is 4.90 Å². The quantitative estimate of drug-likeness (QED) is 0.738. The van der Waals surface area contributed by atoms with Gasteiger partial charge in [0.25, 0.3) is 0 Å². The zero-order chi connectivity index (χ0) is 14.4. The highest BCUT2D eigenvalue weighted by atomic mass is 16.2. The van der Waals surface area contributed by atoms with Gasteiger partial charge in [0.05, 0.1) is 0 Å². The predicted molar refractivity (Wildman–Crippen MR) is 73.4 cm³/mol. The molecule has 1 saturated carbocycles. The molecule has 108 valence electrons. The van der Waals surface area contributed by atoms with Crippen molar-refractivity contribution < 1.29 is 14.4 Å². The van der Waals surface area contributed by atoms with Crippen LogP contribution in [0.25, 0.3) is 0 Å². The minimum atomic E-state index is -0.0244. The number of hydrogen-bond donors (Lipinski definition) is 0. The van der Waals surface area contributed by atoms with E-state index < -0.39 is 0 Å². The van der Waals surface area contributed by atoms with Crippen molar-refractivity contribution in [2.45, 2.75) is 59.3 Å². The monoisotopic (exact) mass is 267 g/mol. The second-order valence-electron chi connectivity index (χ2n) is 5.23. The second-order valence-corrected chi connectivity index (χ2v) is 5.23. The standard InChI is InChI=1S/C13H19NO3.C2H6/c1-9(15)11-4-2-10(3-5-11)8-14-12(16)6-7-13(14)17;1-2/h10-11H,2-8H2,1H3;1-2H3. The largest absolute Gasteiger partial charge is 0.300 e. The van der Waals surface area contributed by atoms with Crippen LogP contribution in [0.2, 0.25) is 0 Å². The van der Waals surface area contributed by atoms with E-state index in [1.54, 1.807) is 6.92 Å². The number of ketones is 1. The molecule has 0 aromatic heterocycles. The third kappa shape index (κ3) is 4.15. The minimum absolute atomic E-state index is 0.0244. The Hall–Kier alpha value is -1.19. The van der Waals surface area contributed by atoms with Crippen LogP contribution in [0.1, 0.15) is 59.3 Å². The Morgan fingerprint density at radius 1 is 1.05 bits per heavy atom. The van der Waals surface area contributed by atoms with Gasteiger partial charge < -0.3 is 0 Å². The van der Waals surface area contributed by atoms with Gasteiger partial charge in [-0.1, -0.05) is 13.8 Å². The van der Waals surface area contributed by atoms with E-state index in [-0.39, 0.29) is 23.5 Å². The van der Waals surface area contributed by atoms with Crippen molar-refractivity contribution in [2.75, 3.05) is 6.54 Å². The minimum Gasteiger partial charge on any atom is -0.300 e. The Labute approximate surface area is 115 Å². The van der Waals surface area contributed by atoms with Gasteiger partial charge in [-0.25, -0.2) is 0 Å². The molecule has 0 atom stereocenters. The number of hydrogen-bond acceptors (Lipinski definition) is 3. The molecule has 2 aliphatic rings. The van der Waals surface area contributed by atoms with E-state index in [9.17, 15) is 14.4 Å². The first-order valence-electron chi connectivity index (χ1n) is 7.41. The van der Waals surface area contributed by atoms with E-state index in [2.05, 4.69) is 0 Å². The van der Waals surface area contributed by atoms with E-state index in [0.717, 1.165) is 25.7 Å². The molecule has 1 aliphatic carbocycles. The molecule has 4 nitrogen and oxygen atoms in total. The predicted octanol–water partition coefficient (Wildman–Crippen LogP) is 2.56.